The first-order valence-electron chi connectivity index (χ1n) is 5.63. The SMILES string of the molecule is Cc1ccc(C(C)C(=O)[C@](N)(CS)C(N)=O)cc1. The molecule has 0 bridgehead atoms. The molecule has 0 heterocycles. The van der Waals surface area contributed by atoms with Crippen LogP contribution in [0.3, 0.4) is 0 Å². The van der Waals surface area contributed by atoms with Crippen molar-refractivity contribution in [1.29, 1.82) is 0 Å². The van der Waals surface area contributed by atoms with E-state index in [9.17, 15) is 9.59 Å². The van der Waals surface area contributed by atoms with Crippen LogP contribution in [0.2, 0.25) is 0 Å². The molecule has 0 aliphatic rings. The maximum Gasteiger partial charge on any atom is 0.246 e. The van der Waals surface area contributed by atoms with Gasteiger partial charge in [-0.1, -0.05) is 36.8 Å². The summed E-state index contributed by atoms with van der Waals surface area (Å²) in [7, 11) is 0. The van der Waals surface area contributed by atoms with Gasteiger partial charge in [0.2, 0.25) is 5.91 Å². The Hall–Kier alpha value is -1.33. The van der Waals surface area contributed by atoms with Crippen LogP contribution >= 0.6 is 12.6 Å². The molecule has 18 heavy (non-hydrogen) atoms. The number of rotatable bonds is 5. The summed E-state index contributed by atoms with van der Waals surface area (Å²) in [5.41, 5.74) is 11.1. The van der Waals surface area contributed by atoms with E-state index in [1.807, 2.05) is 31.2 Å². The maximum atomic E-state index is 12.2. The minimum atomic E-state index is -1.71. The zero-order valence-corrected chi connectivity index (χ0v) is 11.4. The number of carbonyl (C=O) groups is 2. The summed E-state index contributed by atoms with van der Waals surface area (Å²) < 4.78 is 0. The molecule has 5 heteroatoms. The second kappa shape index (κ2) is 5.54. The smallest absolute Gasteiger partial charge is 0.246 e. The molecule has 0 saturated heterocycles. The van der Waals surface area contributed by atoms with Crippen LogP contribution in [-0.2, 0) is 9.59 Å². The summed E-state index contributed by atoms with van der Waals surface area (Å²) in [6, 6.07) is 7.50. The van der Waals surface area contributed by atoms with E-state index in [1.54, 1.807) is 6.92 Å². The quantitative estimate of drug-likeness (QED) is 0.544. The maximum absolute atomic E-state index is 12.2. The van der Waals surface area contributed by atoms with Gasteiger partial charge in [-0.15, -0.1) is 0 Å². The minimum absolute atomic E-state index is 0.0998. The standard InChI is InChI=1S/C13H18N2O2S/c1-8-3-5-10(6-4-8)9(2)11(16)13(15,7-18)12(14)17/h3-6,9,18H,7,15H2,1-2H3,(H2,14,17)/t9?,13-/m1/s1. The van der Waals surface area contributed by atoms with Gasteiger partial charge in [-0.25, -0.2) is 0 Å². The molecule has 0 aliphatic carbocycles. The normalized spacial score (nSPS) is 15.8. The van der Waals surface area contributed by atoms with Gasteiger partial charge < -0.3 is 11.5 Å². The molecule has 1 aromatic rings. The van der Waals surface area contributed by atoms with Crippen LogP contribution in [0.4, 0.5) is 0 Å². The molecule has 1 aromatic carbocycles. The molecular weight excluding hydrogens is 248 g/mol. The molecule has 0 radical (unpaired) electrons. The van der Waals surface area contributed by atoms with Crippen LogP contribution < -0.4 is 11.5 Å². The van der Waals surface area contributed by atoms with E-state index in [1.165, 1.54) is 0 Å². The summed E-state index contributed by atoms with van der Waals surface area (Å²) in [6.45, 7) is 3.67. The molecule has 0 spiro atoms. The molecular formula is C13H18N2O2S. The zero-order valence-electron chi connectivity index (χ0n) is 10.5. The van der Waals surface area contributed by atoms with Crippen LogP contribution in [-0.4, -0.2) is 23.0 Å². The Bertz CT molecular complexity index is 459. The van der Waals surface area contributed by atoms with Gasteiger partial charge in [-0.05, 0) is 12.5 Å². The summed E-state index contributed by atoms with van der Waals surface area (Å²) in [5.74, 6) is -1.84. The Balaban J connectivity index is 3.03. The highest BCUT2D eigenvalue weighted by atomic mass is 32.1. The fourth-order valence-electron chi connectivity index (χ4n) is 1.67. The minimum Gasteiger partial charge on any atom is -0.368 e. The van der Waals surface area contributed by atoms with Crippen LogP contribution in [0.1, 0.15) is 24.0 Å². The predicted octanol–water partition coefficient (Wildman–Crippen LogP) is 0.780. The van der Waals surface area contributed by atoms with Crippen molar-refractivity contribution >= 4 is 24.3 Å². The molecule has 0 aliphatic heterocycles. The molecule has 0 aromatic heterocycles. The van der Waals surface area contributed by atoms with Crippen LogP contribution in [0, 0.1) is 6.92 Å². The van der Waals surface area contributed by atoms with Crippen molar-refractivity contribution in [2.45, 2.75) is 25.3 Å². The van der Waals surface area contributed by atoms with Gasteiger partial charge in [-0.2, -0.15) is 12.6 Å². The van der Waals surface area contributed by atoms with E-state index in [2.05, 4.69) is 12.6 Å². The largest absolute Gasteiger partial charge is 0.368 e. The van der Waals surface area contributed by atoms with E-state index < -0.39 is 23.1 Å². The number of amides is 1. The summed E-state index contributed by atoms with van der Waals surface area (Å²) >= 11 is 3.96. The molecule has 1 rings (SSSR count). The molecule has 98 valence electrons. The number of hydrogen-bond acceptors (Lipinski definition) is 4. The number of hydrogen-bond donors (Lipinski definition) is 3. The third-order valence-electron chi connectivity index (χ3n) is 3.10. The van der Waals surface area contributed by atoms with E-state index in [-0.39, 0.29) is 5.75 Å². The zero-order chi connectivity index (χ0) is 13.9. The van der Waals surface area contributed by atoms with Gasteiger partial charge in [0, 0.05) is 11.7 Å². The lowest BCUT2D eigenvalue weighted by Gasteiger charge is -2.25. The third kappa shape index (κ3) is 2.73. The number of Topliss-reactive ketones (excluding diaryl/α,β-unsaturated/α-hetero) is 1. The molecule has 1 amide bonds. The average Bonchev–Trinajstić information content (AvgIpc) is 2.36. The number of ketones is 1. The molecule has 4 N–H and O–H groups in total. The number of aryl methyl sites for hydroxylation is 1. The van der Waals surface area contributed by atoms with E-state index in [0.29, 0.717) is 0 Å². The second-order valence-corrected chi connectivity index (χ2v) is 4.81. The fourth-order valence-corrected chi connectivity index (χ4v) is 1.98. The summed E-state index contributed by atoms with van der Waals surface area (Å²) in [6.07, 6.45) is 0. The summed E-state index contributed by atoms with van der Waals surface area (Å²) in [4.78, 5) is 23.6. The first kappa shape index (κ1) is 14.7. The van der Waals surface area contributed by atoms with Gasteiger partial charge in [0.05, 0.1) is 0 Å². The number of thiol groups is 1. The lowest BCUT2D eigenvalue weighted by molar-refractivity contribution is -0.133. The van der Waals surface area contributed by atoms with Gasteiger partial charge in [0.15, 0.2) is 11.3 Å². The van der Waals surface area contributed by atoms with E-state index >= 15 is 0 Å². The Morgan fingerprint density at radius 1 is 1.33 bits per heavy atom. The molecule has 0 fully saturated rings. The first-order valence-corrected chi connectivity index (χ1v) is 6.26. The third-order valence-corrected chi connectivity index (χ3v) is 3.60. The van der Waals surface area contributed by atoms with Crippen molar-refractivity contribution in [3.63, 3.8) is 0 Å². The molecule has 2 atom stereocenters. The van der Waals surface area contributed by atoms with E-state index in [0.717, 1.165) is 11.1 Å². The van der Waals surface area contributed by atoms with Crippen molar-refractivity contribution in [1.82, 2.24) is 0 Å². The van der Waals surface area contributed by atoms with Crippen molar-refractivity contribution < 1.29 is 9.59 Å². The monoisotopic (exact) mass is 266 g/mol. The fraction of sp³-hybridized carbons (Fsp3) is 0.385. The first-order chi connectivity index (χ1) is 8.32. The lowest BCUT2D eigenvalue weighted by atomic mass is 9.84. The Kier molecular flexibility index (Phi) is 4.53. The number of carbonyl (C=O) groups excluding carboxylic acids is 2. The van der Waals surface area contributed by atoms with E-state index in [4.69, 9.17) is 11.5 Å². The highest BCUT2D eigenvalue weighted by molar-refractivity contribution is 7.80. The average molecular weight is 266 g/mol. The summed E-state index contributed by atoms with van der Waals surface area (Å²) in [5, 5.41) is 0. The van der Waals surface area contributed by atoms with Crippen molar-refractivity contribution in [3.05, 3.63) is 35.4 Å². The van der Waals surface area contributed by atoms with Crippen LogP contribution in [0.15, 0.2) is 24.3 Å². The predicted molar refractivity (Wildman–Crippen MR) is 74.6 cm³/mol. The molecule has 1 unspecified atom stereocenters. The Morgan fingerprint density at radius 3 is 2.22 bits per heavy atom. The van der Waals surface area contributed by atoms with Crippen molar-refractivity contribution in [2.24, 2.45) is 11.5 Å². The van der Waals surface area contributed by atoms with Crippen LogP contribution in [0.5, 0.6) is 0 Å². The van der Waals surface area contributed by atoms with Crippen molar-refractivity contribution in [3.8, 4) is 0 Å². The number of benzene rings is 1. The topological polar surface area (TPSA) is 86.2 Å². The lowest BCUT2D eigenvalue weighted by Crippen LogP contribution is -2.61. The van der Waals surface area contributed by atoms with Gasteiger partial charge in [0.25, 0.3) is 0 Å². The molecule has 0 saturated carbocycles. The highest BCUT2D eigenvalue weighted by Crippen LogP contribution is 2.22. The van der Waals surface area contributed by atoms with Gasteiger partial charge in [-0.3, -0.25) is 9.59 Å². The van der Waals surface area contributed by atoms with Crippen LogP contribution in [0.25, 0.3) is 0 Å². The van der Waals surface area contributed by atoms with Crippen molar-refractivity contribution in [2.75, 3.05) is 5.75 Å². The second-order valence-electron chi connectivity index (χ2n) is 4.49. The highest BCUT2D eigenvalue weighted by Gasteiger charge is 2.41. The molecule has 4 nitrogen and oxygen atoms in total. The van der Waals surface area contributed by atoms with Gasteiger partial charge in [0.1, 0.15) is 0 Å². The number of primary amides is 1. The van der Waals surface area contributed by atoms with Gasteiger partial charge >= 0.3 is 0 Å². The Labute approximate surface area is 112 Å². The number of nitrogens with two attached hydrogens (primary N) is 2. The Morgan fingerprint density at radius 2 is 1.83 bits per heavy atom.